The van der Waals surface area contributed by atoms with E-state index < -0.39 is 0 Å². The smallest absolute Gasteiger partial charge is 0.223 e. The molecule has 0 heterocycles. The van der Waals surface area contributed by atoms with E-state index in [2.05, 4.69) is 54.7 Å². The first kappa shape index (κ1) is 19.0. The number of hydrogen-bond acceptors (Lipinski definition) is 2. The van der Waals surface area contributed by atoms with Crippen molar-refractivity contribution in [2.45, 2.75) is 26.7 Å². The molecule has 0 saturated heterocycles. The minimum Gasteiger partial charge on any atom is -0.492 e. The fourth-order valence-corrected chi connectivity index (χ4v) is 3.23. The minimum absolute atomic E-state index is 0.0628. The van der Waals surface area contributed by atoms with Gasteiger partial charge in [0.2, 0.25) is 5.91 Å². The van der Waals surface area contributed by atoms with Crippen LogP contribution in [0.4, 0.5) is 0 Å². The van der Waals surface area contributed by atoms with E-state index in [4.69, 9.17) is 4.74 Å². The van der Waals surface area contributed by atoms with Gasteiger partial charge in [-0.05, 0) is 46.9 Å². The number of benzene rings is 3. The van der Waals surface area contributed by atoms with Crippen LogP contribution in [0.25, 0.3) is 10.8 Å². The Morgan fingerprint density at radius 1 is 1.00 bits per heavy atom. The molecule has 0 bridgehead atoms. The Bertz CT molecular complexity index is 881. The van der Waals surface area contributed by atoms with Crippen molar-refractivity contribution in [3.63, 3.8) is 0 Å². The predicted octanol–water partition coefficient (Wildman–Crippen LogP) is 4.78. The molecule has 27 heavy (non-hydrogen) atoms. The van der Waals surface area contributed by atoms with Gasteiger partial charge in [-0.1, -0.05) is 68.4 Å². The maximum Gasteiger partial charge on any atom is 0.223 e. The lowest BCUT2D eigenvalue weighted by Gasteiger charge is -2.14. The number of nitrogens with one attached hydrogen (secondary N) is 1. The zero-order valence-electron chi connectivity index (χ0n) is 16.1. The largest absolute Gasteiger partial charge is 0.492 e. The van der Waals surface area contributed by atoms with E-state index in [1.165, 1.54) is 21.9 Å². The van der Waals surface area contributed by atoms with E-state index in [1.54, 1.807) is 0 Å². The molecule has 0 unspecified atom stereocenters. The molecular weight excluding hydrogens is 334 g/mol. The van der Waals surface area contributed by atoms with Crippen LogP contribution in [0.15, 0.2) is 66.7 Å². The summed E-state index contributed by atoms with van der Waals surface area (Å²) in [5, 5.41) is 5.41. The van der Waals surface area contributed by atoms with Crippen LogP contribution in [0.3, 0.4) is 0 Å². The Hall–Kier alpha value is -2.81. The first-order valence-electron chi connectivity index (χ1n) is 9.63. The molecule has 3 rings (SSSR count). The van der Waals surface area contributed by atoms with Crippen molar-refractivity contribution in [2.24, 2.45) is 5.92 Å². The van der Waals surface area contributed by atoms with Gasteiger partial charge in [0, 0.05) is 5.92 Å². The molecule has 3 aromatic rings. The Labute approximate surface area is 161 Å². The summed E-state index contributed by atoms with van der Waals surface area (Å²) in [6.45, 7) is 5.08. The zero-order chi connectivity index (χ0) is 19.1. The van der Waals surface area contributed by atoms with Crippen LogP contribution in [0.2, 0.25) is 0 Å². The molecule has 0 aliphatic rings. The summed E-state index contributed by atoms with van der Waals surface area (Å²) in [6, 6.07) is 22.7. The number of fused-ring (bicyclic) bond motifs is 1. The van der Waals surface area contributed by atoms with Crippen molar-refractivity contribution in [1.82, 2.24) is 5.32 Å². The molecule has 0 aliphatic carbocycles. The van der Waals surface area contributed by atoms with Crippen molar-refractivity contribution >= 4 is 16.7 Å². The van der Waals surface area contributed by atoms with Crippen LogP contribution in [-0.4, -0.2) is 19.1 Å². The second-order valence-corrected chi connectivity index (χ2v) is 6.88. The fourth-order valence-electron chi connectivity index (χ4n) is 3.23. The molecule has 1 atom stereocenters. The van der Waals surface area contributed by atoms with Crippen LogP contribution in [-0.2, 0) is 17.6 Å². The molecule has 0 spiro atoms. The number of rotatable bonds is 8. The molecule has 1 N–H and O–H groups in total. The third-order valence-corrected chi connectivity index (χ3v) is 4.86. The van der Waals surface area contributed by atoms with Crippen molar-refractivity contribution in [3.05, 3.63) is 77.9 Å². The average Bonchev–Trinajstić information content (AvgIpc) is 2.71. The van der Waals surface area contributed by atoms with Gasteiger partial charge < -0.3 is 10.1 Å². The number of carbonyl (C=O) groups excluding carboxylic acids is 1. The summed E-state index contributed by atoms with van der Waals surface area (Å²) in [5.74, 6) is 0.817. The maximum absolute atomic E-state index is 12.4. The maximum atomic E-state index is 12.4. The standard InChI is InChI=1S/C24H27NO2/c1-3-19-11-13-22(14-12-19)27-16-15-25-24(26)18(2)17-21-9-6-8-20-7-4-5-10-23(20)21/h4-14,18H,3,15-17H2,1-2H3,(H,25,26)/t18-/m0/s1. The first-order chi connectivity index (χ1) is 13.2. The Morgan fingerprint density at radius 3 is 2.52 bits per heavy atom. The molecule has 140 valence electrons. The minimum atomic E-state index is -0.0837. The van der Waals surface area contributed by atoms with Crippen LogP contribution >= 0.6 is 0 Å². The van der Waals surface area contributed by atoms with E-state index in [0.717, 1.165) is 18.6 Å². The summed E-state index contributed by atoms with van der Waals surface area (Å²) in [5.41, 5.74) is 2.50. The van der Waals surface area contributed by atoms with Gasteiger partial charge >= 0.3 is 0 Å². The Kier molecular flexibility index (Phi) is 6.48. The topological polar surface area (TPSA) is 38.3 Å². The molecule has 0 fully saturated rings. The SMILES string of the molecule is CCc1ccc(OCCNC(=O)[C@@H](C)Cc2cccc3ccccc23)cc1. The van der Waals surface area contributed by atoms with Gasteiger partial charge in [0.15, 0.2) is 0 Å². The van der Waals surface area contributed by atoms with Crippen LogP contribution in [0.1, 0.15) is 25.0 Å². The van der Waals surface area contributed by atoms with E-state index in [-0.39, 0.29) is 11.8 Å². The molecule has 0 aromatic heterocycles. The fraction of sp³-hybridized carbons (Fsp3) is 0.292. The summed E-state index contributed by atoms with van der Waals surface area (Å²) in [4.78, 5) is 12.4. The predicted molar refractivity (Wildman–Crippen MR) is 111 cm³/mol. The van der Waals surface area contributed by atoms with E-state index >= 15 is 0 Å². The highest BCUT2D eigenvalue weighted by atomic mass is 16.5. The molecule has 3 aromatic carbocycles. The zero-order valence-corrected chi connectivity index (χ0v) is 16.1. The van der Waals surface area contributed by atoms with E-state index in [0.29, 0.717) is 13.2 Å². The van der Waals surface area contributed by atoms with Gasteiger partial charge in [0.25, 0.3) is 0 Å². The normalized spacial score (nSPS) is 11.9. The van der Waals surface area contributed by atoms with Crippen molar-refractivity contribution in [3.8, 4) is 5.75 Å². The molecule has 3 heteroatoms. The van der Waals surface area contributed by atoms with Crippen molar-refractivity contribution in [1.29, 1.82) is 0 Å². The number of carbonyl (C=O) groups is 1. The number of ether oxygens (including phenoxy) is 1. The van der Waals surface area contributed by atoms with Gasteiger partial charge in [0.05, 0.1) is 6.54 Å². The van der Waals surface area contributed by atoms with E-state index in [1.807, 2.05) is 31.2 Å². The van der Waals surface area contributed by atoms with Gasteiger partial charge in [-0.25, -0.2) is 0 Å². The molecule has 0 radical (unpaired) electrons. The van der Waals surface area contributed by atoms with Crippen LogP contribution in [0, 0.1) is 5.92 Å². The van der Waals surface area contributed by atoms with Gasteiger partial charge in [0.1, 0.15) is 12.4 Å². The summed E-state index contributed by atoms with van der Waals surface area (Å²) < 4.78 is 5.70. The average molecular weight is 361 g/mol. The van der Waals surface area contributed by atoms with Crippen molar-refractivity contribution < 1.29 is 9.53 Å². The van der Waals surface area contributed by atoms with Crippen molar-refractivity contribution in [2.75, 3.05) is 13.2 Å². The molecule has 0 saturated carbocycles. The second-order valence-electron chi connectivity index (χ2n) is 6.88. The summed E-state index contributed by atoms with van der Waals surface area (Å²) in [7, 11) is 0. The third-order valence-electron chi connectivity index (χ3n) is 4.86. The summed E-state index contributed by atoms with van der Waals surface area (Å²) in [6.07, 6.45) is 1.75. The highest BCUT2D eigenvalue weighted by molar-refractivity contribution is 5.86. The summed E-state index contributed by atoms with van der Waals surface area (Å²) >= 11 is 0. The lowest BCUT2D eigenvalue weighted by atomic mass is 9.95. The van der Waals surface area contributed by atoms with Gasteiger partial charge in [-0.15, -0.1) is 0 Å². The lowest BCUT2D eigenvalue weighted by molar-refractivity contribution is -0.124. The quantitative estimate of drug-likeness (QED) is 0.587. The van der Waals surface area contributed by atoms with E-state index in [9.17, 15) is 4.79 Å². The first-order valence-corrected chi connectivity index (χ1v) is 9.63. The Morgan fingerprint density at radius 2 is 1.74 bits per heavy atom. The molecule has 1 amide bonds. The third kappa shape index (κ3) is 5.10. The number of aryl methyl sites for hydroxylation is 1. The van der Waals surface area contributed by atoms with Gasteiger partial charge in [-0.3, -0.25) is 4.79 Å². The molecule has 3 nitrogen and oxygen atoms in total. The lowest BCUT2D eigenvalue weighted by Crippen LogP contribution is -2.33. The number of amides is 1. The molecule has 0 aliphatic heterocycles. The highest BCUT2D eigenvalue weighted by Crippen LogP contribution is 2.21. The van der Waals surface area contributed by atoms with Crippen LogP contribution < -0.4 is 10.1 Å². The molecular formula is C24H27NO2. The second kappa shape index (κ2) is 9.22. The van der Waals surface area contributed by atoms with Gasteiger partial charge in [-0.2, -0.15) is 0 Å². The highest BCUT2D eigenvalue weighted by Gasteiger charge is 2.14. The Balaban J connectivity index is 1.47. The number of hydrogen-bond donors (Lipinski definition) is 1. The van der Waals surface area contributed by atoms with Crippen LogP contribution in [0.5, 0.6) is 5.75 Å². The monoisotopic (exact) mass is 361 g/mol.